The number of carbonyl (C=O) groups is 3. The topological polar surface area (TPSA) is 293 Å². The molecule has 0 spiro atoms. The first-order chi connectivity index (χ1) is 36.0. The molecule has 3 heterocycles. The van der Waals surface area contributed by atoms with Crippen LogP contribution in [0.15, 0.2) is 124 Å². The first kappa shape index (κ1) is 58.8. The molecule has 0 aromatic heterocycles. The highest BCUT2D eigenvalue weighted by Gasteiger charge is 2.47. The Morgan fingerprint density at radius 3 is 2.00 bits per heavy atom. The van der Waals surface area contributed by atoms with Gasteiger partial charge in [0.15, 0.2) is 5.71 Å². The van der Waals surface area contributed by atoms with E-state index in [1.807, 2.05) is 71.9 Å². The van der Waals surface area contributed by atoms with Gasteiger partial charge >= 0.3 is 0 Å². The molecule has 3 aliphatic heterocycles. The maximum atomic E-state index is 12.6. The molecule has 2 atom stereocenters. The first-order valence-corrected chi connectivity index (χ1v) is 31.3. The van der Waals surface area contributed by atoms with Gasteiger partial charge in [0.2, 0.25) is 11.6 Å². The highest BCUT2D eigenvalue weighted by atomic mass is 32.2. The predicted octanol–water partition coefficient (Wildman–Crippen LogP) is 6.72. The summed E-state index contributed by atoms with van der Waals surface area (Å²) in [5, 5.41) is 2.85. The van der Waals surface area contributed by atoms with E-state index in [9.17, 15) is 66.3 Å². The fourth-order valence-corrected chi connectivity index (χ4v) is 13.1. The van der Waals surface area contributed by atoms with Crippen molar-refractivity contribution in [3.8, 4) is 0 Å². The van der Waals surface area contributed by atoms with Crippen molar-refractivity contribution in [2.24, 2.45) is 0 Å². The van der Waals surface area contributed by atoms with Crippen molar-refractivity contribution in [3.05, 3.63) is 136 Å². The van der Waals surface area contributed by atoms with Crippen LogP contribution in [0.5, 0.6) is 0 Å². The second-order valence-electron chi connectivity index (χ2n) is 20.3. The molecule has 0 saturated carbocycles. The summed E-state index contributed by atoms with van der Waals surface area (Å²) in [5.41, 5.74) is 6.30. The summed E-state index contributed by atoms with van der Waals surface area (Å²) < 4.78 is 140. The summed E-state index contributed by atoms with van der Waals surface area (Å²) in [6.07, 6.45) is 15.3. The van der Waals surface area contributed by atoms with Gasteiger partial charge in [-0.05, 0) is 154 Å². The molecule has 77 heavy (non-hydrogen) atoms. The summed E-state index contributed by atoms with van der Waals surface area (Å²) in [4.78, 5) is 38.4. The number of carbonyl (C=O) groups excluding carboxylic acids is 3. The van der Waals surface area contributed by atoms with Crippen molar-refractivity contribution >= 4 is 80.9 Å². The second kappa shape index (κ2) is 23.2. The molecule has 4 aliphatic rings. The molecule has 3 aromatic rings. The van der Waals surface area contributed by atoms with Crippen LogP contribution in [0, 0.1) is 0 Å². The molecular weight excluding hydrogens is 1070 g/mol. The van der Waals surface area contributed by atoms with E-state index in [-0.39, 0.29) is 54.8 Å². The maximum Gasteiger partial charge on any atom is 0.294 e. The van der Waals surface area contributed by atoms with Gasteiger partial charge in [0.05, 0.1) is 26.7 Å². The number of rotatable bonds is 23. The number of aryl methyl sites for hydroxylation is 1. The van der Waals surface area contributed by atoms with E-state index in [1.165, 1.54) is 36.4 Å². The maximum absolute atomic E-state index is 12.6. The fraction of sp³-hybridized carbons (Fsp3) is 0.407. The standard InChI is InChI=1S/C54H64N4O15S4/c1-53(29-8-33-74(62,63)64)43-35-41(76(68,69)70)21-23-45(43)56(3)47(53)25-19-38-12-7-13-39(20-26-48-54(2,30-9-34-75(65,66)67)44-36-42(77(71,72)73)22-24-46(44)57(48)4)52(38)40-17-15-37(16-18-40)11-5-6-14-49(59)55-31-10-32-58-50(60)27-28-51(58)61/h15-28,35-36H,5-14,29-34H2,1-4H3,(H4-,55,59,62,63,64,65,66,67,68,69,70,71,72,73). The van der Waals surface area contributed by atoms with Crippen LogP contribution in [-0.2, 0) is 72.1 Å². The number of amides is 3. The molecular formula is C54H64N4O15S4. The van der Waals surface area contributed by atoms with Gasteiger partial charge in [-0.3, -0.25) is 32.9 Å². The fourth-order valence-electron chi connectivity index (χ4n) is 11.1. The minimum absolute atomic E-state index is 0.0127. The van der Waals surface area contributed by atoms with Gasteiger partial charge in [0.25, 0.3) is 42.2 Å². The van der Waals surface area contributed by atoms with E-state index in [4.69, 9.17) is 0 Å². The van der Waals surface area contributed by atoms with Gasteiger partial charge in [0, 0.05) is 73.2 Å². The number of allylic oxidation sites excluding steroid dienone is 8. The van der Waals surface area contributed by atoms with E-state index >= 15 is 0 Å². The zero-order valence-corrected chi connectivity index (χ0v) is 46.5. The van der Waals surface area contributed by atoms with Gasteiger partial charge in [-0.2, -0.15) is 29.8 Å². The summed E-state index contributed by atoms with van der Waals surface area (Å²) in [7, 11) is -14.6. The molecule has 23 heteroatoms. The van der Waals surface area contributed by atoms with E-state index in [2.05, 4.69) is 5.32 Å². The zero-order valence-electron chi connectivity index (χ0n) is 43.3. The third kappa shape index (κ3) is 13.9. The number of hydrogen-bond donors (Lipinski definition) is 4. The normalized spacial score (nSPS) is 21.1. The van der Waals surface area contributed by atoms with Gasteiger partial charge < -0.3 is 14.8 Å². The van der Waals surface area contributed by atoms with Gasteiger partial charge in [0.1, 0.15) is 17.2 Å². The Morgan fingerprint density at radius 2 is 1.38 bits per heavy atom. The molecule has 7 rings (SSSR count). The SMILES string of the molecule is CN1C(=C/C=C2\CCCC(/C=C/C3=[N+](C)c4ccc(S(=O)(=O)[O-])cc4C3(C)CCCS(=O)(=O)O)=C2c2ccc(CCCCC(=O)NCCCN3C(=O)C=CC3=O)cc2)C(C)(CCCS(=O)(=O)O)c2cc(S(=O)(=O)O)ccc21. The van der Waals surface area contributed by atoms with Crippen molar-refractivity contribution in [3.63, 3.8) is 0 Å². The minimum Gasteiger partial charge on any atom is -0.744 e. The van der Waals surface area contributed by atoms with Crippen LogP contribution in [0.1, 0.15) is 107 Å². The molecule has 19 nitrogen and oxygen atoms in total. The smallest absolute Gasteiger partial charge is 0.294 e. The van der Waals surface area contributed by atoms with Crippen LogP contribution in [0.2, 0.25) is 0 Å². The van der Waals surface area contributed by atoms with Crippen LogP contribution in [0.25, 0.3) is 5.57 Å². The minimum atomic E-state index is -4.86. The number of benzene rings is 3. The average molecular weight is 1140 g/mol. The summed E-state index contributed by atoms with van der Waals surface area (Å²) in [6, 6.07) is 16.4. The number of fused-ring (bicyclic) bond motifs is 2. The largest absolute Gasteiger partial charge is 0.744 e. The van der Waals surface area contributed by atoms with Crippen LogP contribution in [0.4, 0.5) is 11.4 Å². The zero-order chi connectivity index (χ0) is 56.3. The number of unbranched alkanes of at least 4 members (excludes halogenated alkanes) is 1. The lowest BCUT2D eigenvalue weighted by atomic mass is 9.75. The van der Waals surface area contributed by atoms with Crippen LogP contribution in [0.3, 0.4) is 0 Å². The predicted molar refractivity (Wildman–Crippen MR) is 289 cm³/mol. The summed E-state index contributed by atoms with van der Waals surface area (Å²) >= 11 is 0. The van der Waals surface area contributed by atoms with Crippen molar-refractivity contribution in [1.29, 1.82) is 0 Å². The molecule has 0 saturated heterocycles. The van der Waals surface area contributed by atoms with Crippen molar-refractivity contribution in [2.45, 2.75) is 112 Å². The van der Waals surface area contributed by atoms with Crippen molar-refractivity contribution < 1.29 is 70.8 Å². The number of hydrogen-bond acceptors (Lipinski definition) is 13. The number of nitrogens with one attached hydrogen (secondary N) is 1. The Kier molecular flexibility index (Phi) is 17.7. The van der Waals surface area contributed by atoms with E-state index < -0.39 is 67.7 Å². The molecule has 2 unspecified atom stereocenters. The highest BCUT2D eigenvalue weighted by molar-refractivity contribution is 7.86. The molecule has 0 radical (unpaired) electrons. The molecule has 4 N–H and O–H groups in total. The van der Waals surface area contributed by atoms with Crippen LogP contribution >= 0.6 is 0 Å². The molecule has 0 fully saturated rings. The Balaban J connectivity index is 1.23. The average Bonchev–Trinajstić information content (AvgIpc) is 3.97. The molecule has 0 bridgehead atoms. The van der Waals surface area contributed by atoms with Crippen LogP contribution < -0.4 is 10.2 Å². The number of imide groups is 1. The lowest BCUT2D eigenvalue weighted by Crippen LogP contribution is -2.33. The quantitative estimate of drug-likeness (QED) is 0.0332. The van der Waals surface area contributed by atoms with E-state index in [0.29, 0.717) is 85.4 Å². The van der Waals surface area contributed by atoms with E-state index in [0.717, 1.165) is 39.2 Å². The number of anilines is 1. The lowest BCUT2D eigenvalue weighted by molar-refractivity contribution is -0.401. The molecule has 414 valence electrons. The monoisotopic (exact) mass is 1140 g/mol. The third-order valence-electron chi connectivity index (χ3n) is 15.0. The van der Waals surface area contributed by atoms with Gasteiger partial charge in [-0.1, -0.05) is 36.4 Å². The first-order valence-electron chi connectivity index (χ1n) is 25.2. The Labute approximate surface area is 450 Å². The Bertz CT molecular complexity index is 3510. The van der Waals surface area contributed by atoms with Gasteiger partial charge in [-0.15, -0.1) is 0 Å². The third-order valence-corrected chi connectivity index (χ3v) is 18.3. The molecule has 3 aromatic carbocycles. The summed E-state index contributed by atoms with van der Waals surface area (Å²) in [6.45, 7) is 4.23. The molecule has 1 aliphatic carbocycles. The highest BCUT2D eigenvalue weighted by Crippen LogP contribution is 2.51. The molecule has 3 amide bonds. The number of likely N-dealkylation sites (N-methyl/N-ethyl adjacent to an activating group) is 1. The van der Waals surface area contributed by atoms with Crippen LogP contribution in [-0.4, -0.2) is 123 Å². The van der Waals surface area contributed by atoms with Crippen molar-refractivity contribution in [1.82, 2.24) is 10.2 Å². The second-order valence-corrected chi connectivity index (χ2v) is 26.3. The Morgan fingerprint density at radius 1 is 0.753 bits per heavy atom. The lowest BCUT2D eigenvalue weighted by Gasteiger charge is -2.29. The summed E-state index contributed by atoms with van der Waals surface area (Å²) in [5.74, 6) is -1.94. The van der Waals surface area contributed by atoms with Crippen molar-refractivity contribution in [2.75, 3.05) is 43.6 Å². The number of nitrogens with zero attached hydrogens (tertiary/aromatic N) is 3. The van der Waals surface area contributed by atoms with E-state index in [1.54, 1.807) is 26.2 Å². The Hall–Kier alpha value is -5.92. The van der Waals surface area contributed by atoms with Gasteiger partial charge in [-0.25, -0.2) is 8.42 Å².